The minimum Gasteiger partial charge on any atom is -0.489 e. The number of sulfonamides is 1. The molecule has 0 saturated heterocycles. The fourth-order valence-corrected chi connectivity index (χ4v) is 4.50. The van der Waals surface area contributed by atoms with Gasteiger partial charge in [0.2, 0.25) is 5.88 Å². The number of nitrogens with zero attached hydrogens (tertiary/aromatic N) is 2. The quantitative estimate of drug-likeness (QED) is 0.321. The molecule has 0 aliphatic carbocycles. The number of halogens is 1. The van der Waals surface area contributed by atoms with Gasteiger partial charge in [-0.05, 0) is 35.9 Å². The molecule has 4 rings (SSSR count). The summed E-state index contributed by atoms with van der Waals surface area (Å²) in [6.45, 7) is 0.0841. The topological polar surface area (TPSA) is 111 Å². The molecule has 0 unspecified atom stereocenters. The van der Waals surface area contributed by atoms with Crippen molar-refractivity contribution >= 4 is 27.4 Å². The van der Waals surface area contributed by atoms with E-state index in [4.69, 9.17) is 26.2 Å². The van der Waals surface area contributed by atoms with Crippen LogP contribution in [0.2, 0.25) is 5.02 Å². The molecule has 35 heavy (non-hydrogen) atoms. The molecule has 0 saturated carbocycles. The number of benzene rings is 3. The standard InChI is InChI=1S/C25H22ClN3O5S/c26-22-9-5-4-8-21(22)23-24(27-17-28-25(23)33-15-14-30)29-35(31,32)20-12-10-19(11-13-20)34-16-18-6-2-1-3-7-18/h1-13,17,30H,14-16H2,(H,27,28,29). The van der Waals surface area contributed by atoms with E-state index in [2.05, 4.69) is 14.7 Å². The van der Waals surface area contributed by atoms with E-state index in [1.807, 2.05) is 30.3 Å². The minimum atomic E-state index is -4.02. The van der Waals surface area contributed by atoms with Crippen molar-refractivity contribution in [1.82, 2.24) is 9.97 Å². The summed E-state index contributed by atoms with van der Waals surface area (Å²) in [6.07, 6.45) is 1.17. The van der Waals surface area contributed by atoms with Crippen LogP contribution in [-0.4, -0.2) is 36.7 Å². The van der Waals surface area contributed by atoms with Crippen molar-refractivity contribution in [3.63, 3.8) is 0 Å². The number of anilines is 1. The van der Waals surface area contributed by atoms with Crippen LogP contribution in [0.4, 0.5) is 5.82 Å². The van der Waals surface area contributed by atoms with Crippen molar-refractivity contribution in [2.75, 3.05) is 17.9 Å². The van der Waals surface area contributed by atoms with Crippen molar-refractivity contribution in [3.05, 3.63) is 95.8 Å². The first-order chi connectivity index (χ1) is 17.0. The summed E-state index contributed by atoms with van der Waals surface area (Å²) in [5, 5.41) is 9.52. The fourth-order valence-electron chi connectivity index (χ4n) is 3.25. The first-order valence-electron chi connectivity index (χ1n) is 10.6. The van der Waals surface area contributed by atoms with Gasteiger partial charge in [-0.25, -0.2) is 18.4 Å². The summed E-state index contributed by atoms with van der Waals surface area (Å²) in [5.74, 6) is 0.612. The van der Waals surface area contributed by atoms with Gasteiger partial charge in [0.15, 0.2) is 5.82 Å². The summed E-state index contributed by atoms with van der Waals surface area (Å²) < 4.78 is 40.1. The third-order valence-electron chi connectivity index (χ3n) is 4.90. The Kier molecular flexibility index (Phi) is 7.81. The number of aromatic nitrogens is 2. The van der Waals surface area contributed by atoms with Gasteiger partial charge >= 0.3 is 0 Å². The molecule has 0 spiro atoms. The zero-order valence-corrected chi connectivity index (χ0v) is 20.0. The van der Waals surface area contributed by atoms with E-state index in [-0.39, 0.29) is 35.4 Å². The number of ether oxygens (including phenoxy) is 2. The molecule has 2 N–H and O–H groups in total. The first-order valence-corrected chi connectivity index (χ1v) is 12.5. The van der Waals surface area contributed by atoms with Gasteiger partial charge in [0, 0.05) is 10.6 Å². The number of rotatable bonds is 10. The maximum Gasteiger partial charge on any atom is 0.263 e. The van der Waals surface area contributed by atoms with E-state index in [1.54, 1.807) is 36.4 Å². The lowest BCUT2D eigenvalue weighted by Crippen LogP contribution is -2.16. The average molecular weight is 512 g/mol. The highest BCUT2D eigenvalue weighted by molar-refractivity contribution is 7.92. The lowest BCUT2D eigenvalue weighted by atomic mass is 10.1. The number of hydrogen-bond donors (Lipinski definition) is 2. The summed E-state index contributed by atoms with van der Waals surface area (Å²) in [4.78, 5) is 8.25. The third-order valence-corrected chi connectivity index (χ3v) is 6.58. The molecule has 4 aromatic rings. The van der Waals surface area contributed by atoms with Crippen LogP contribution in [0.1, 0.15) is 5.56 Å². The number of aliphatic hydroxyl groups is 1. The van der Waals surface area contributed by atoms with Crippen LogP contribution in [0.5, 0.6) is 11.6 Å². The van der Waals surface area contributed by atoms with Crippen LogP contribution < -0.4 is 14.2 Å². The maximum absolute atomic E-state index is 13.2. The predicted molar refractivity (Wildman–Crippen MR) is 133 cm³/mol. The van der Waals surface area contributed by atoms with Crippen molar-refractivity contribution in [1.29, 1.82) is 0 Å². The lowest BCUT2D eigenvalue weighted by molar-refractivity contribution is 0.197. The van der Waals surface area contributed by atoms with Crippen LogP contribution in [-0.2, 0) is 16.6 Å². The van der Waals surface area contributed by atoms with Crippen LogP contribution >= 0.6 is 11.6 Å². The van der Waals surface area contributed by atoms with Gasteiger partial charge in [-0.2, -0.15) is 0 Å². The van der Waals surface area contributed by atoms with Crippen LogP contribution in [0.15, 0.2) is 90.1 Å². The maximum atomic E-state index is 13.2. The van der Waals surface area contributed by atoms with Crippen molar-refractivity contribution < 1.29 is 23.0 Å². The van der Waals surface area contributed by atoms with E-state index >= 15 is 0 Å². The Morgan fingerprint density at radius 3 is 2.31 bits per heavy atom. The smallest absolute Gasteiger partial charge is 0.263 e. The Bertz CT molecular complexity index is 1380. The van der Waals surface area contributed by atoms with E-state index in [0.717, 1.165) is 5.56 Å². The largest absolute Gasteiger partial charge is 0.489 e. The molecule has 0 radical (unpaired) electrons. The van der Waals surface area contributed by atoms with Gasteiger partial charge < -0.3 is 14.6 Å². The second-order valence-electron chi connectivity index (χ2n) is 7.31. The number of aliphatic hydroxyl groups excluding tert-OH is 1. The molecule has 10 heteroatoms. The Labute approximate surface area is 208 Å². The minimum absolute atomic E-state index is 0.00885. The van der Waals surface area contributed by atoms with Gasteiger partial charge in [0.25, 0.3) is 10.0 Å². The highest BCUT2D eigenvalue weighted by Crippen LogP contribution is 2.38. The van der Waals surface area contributed by atoms with Gasteiger partial charge in [-0.15, -0.1) is 0 Å². The van der Waals surface area contributed by atoms with E-state index in [0.29, 0.717) is 22.9 Å². The number of nitrogens with one attached hydrogen (secondary N) is 1. The van der Waals surface area contributed by atoms with Gasteiger partial charge in [-0.1, -0.05) is 60.1 Å². The van der Waals surface area contributed by atoms with Crippen molar-refractivity contribution in [3.8, 4) is 22.8 Å². The molecule has 0 aliphatic heterocycles. The zero-order chi connectivity index (χ0) is 24.7. The normalized spacial score (nSPS) is 11.1. The average Bonchev–Trinajstić information content (AvgIpc) is 2.87. The van der Waals surface area contributed by atoms with Gasteiger partial charge in [-0.3, -0.25) is 4.72 Å². The second kappa shape index (κ2) is 11.2. The van der Waals surface area contributed by atoms with Crippen LogP contribution in [0.3, 0.4) is 0 Å². The Balaban J connectivity index is 1.60. The molecule has 0 fully saturated rings. The molecule has 0 amide bonds. The molecular formula is C25H22ClN3O5S. The zero-order valence-electron chi connectivity index (χ0n) is 18.5. The highest BCUT2D eigenvalue weighted by Gasteiger charge is 2.23. The van der Waals surface area contributed by atoms with Crippen molar-refractivity contribution in [2.24, 2.45) is 0 Å². The predicted octanol–water partition coefficient (Wildman–Crippen LogP) is 4.55. The Morgan fingerprint density at radius 2 is 1.60 bits per heavy atom. The molecule has 0 bridgehead atoms. The molecular weight excluding hydrogens is 490 g/mol. The SMILES string of the molecule is O=S(=O)(Nc1ncnc(OCCO)c1-c1ccccc1Cl)c1ccc(OCc2ccccc2)cc1. The molecule has 0 atom stereocenters. The van der Waals surface area contributed by atoms with Gasteiger partial charge in [0.05, 0.1) is 17.1 Å². The molecule has 180 valence electrons. The van der Waals surface area contributed by atoms with E-state index < -0.39 is 10.0 Å². The Morgan fingerprint density at radius 1 is 0.886 bits per heavy atom. The molecule has 8 nitrogen and oxygen atoms in total. The summed E-state index contributed by atoms with van der Waals surface area (Å²) >= 11 is 6.36. The monoisotopic (exact) mass is 511 g/mol. The highest BCUT2D eigenvalue weighted by atomic mass is 35.5. The van der Waals surface area contributed by atoms with E-state index in [1.165, 1.54) is 18.5 Å². The number of hydrogen-bond acceptors (Lipinski definition) is 7. The molecule has 3 aromatic carbocycles. The van der Waals surface area contributed by atoms with Crippen LogP contribution in [0.25, 0.3) is 11.1 Å². The Hall–Kier alpha value is -3.66. The summed E-state index contributed by atoms with van der Waals surface area (Å²) in [6, 6.07) is 22.6. The van der Waals surface area contributed by atoms with Gasteiger partial charge in [0.1, 0.15) is 25.3 Å². The lowest BCUT2D eigenvalue weighted by Gasteiger charge is -2.16. The third kappa shape index (κ3) is 6.07. The molecule has 1 aromatic heterocycles. The summed E-state index contributed by atoms with van der Waals surface area (Å²) in [5.41, 5.74) is 1.74. The first kappa shape index (κ1) is 24.5. The fraction of sp³-hybridized carbons (Fsp3) is 0.120. The second-order valence-corrected chi connectivity index (χ2v) is 9.40. The molecule has 0 aliphatic rings. The van der Waals surface area contributed by atoms with Crippen LogP contribution in [0, 0.1) is 0 Å². The van der Waals surface area contributed by atoms with Crippen molar-refractivity contribution in [2.45, 2.75) is 11.5 Å². The molecule has 1 heterocycles. The van der Waals surface area contributed by atoms with E-state index in [9.17, 15) is 8.42 Å². The summed E-state index contributed by atoms with van der Waals surface area (Å²) in [7, 11) is -4.02.